The number of hydrogen-bond donors (Lipinski definition) is 1. The minimum absolute atomic E-state index is 0.0621. The number of aliphatic hydroxyl groups excluding tert-OH is 1. The summed E-state index contributed by atoms with van der Waals surface area (Å²) in [6, 6.07) is 0.135. The van der Waals surface area contributed by atoms with Gasteiger partial charge >= 0.3 is 6.09 Å². The lowest BCUT2D eigenvalue weighted by molar-refractivity contribution is -0.0286. The molecule has 2 rings (SSSR count). The van der Waals surface area contributed by atoms with Crippen LogP contribution in [0.3, 0.4) is 0 Å². The van der Waals surface area contributed by atoms with Gasteiger partial charge in [-0.15, -0.1) is 0 Å². The first kappa shape index (κ1) is 15.6. The summed E-state index contributed by atoms with van der Waals surface area (Å²) in [5.41, 5.74) is -0.411. The third kappa shape index (κ3) is 3.27. The molecule has 1 saturated heterocycles. The number of hydrogen-bond acceptors (Lipinski definition) is 3. The molecule has 116 valence electrons. The van der Waals surface area contributed by atoms with E-state index in [0.29, 0.717) is 6.54 Å². The SMILES string of the molecule is CC1(C)CCC(C2(CO)CC2)N(C(=O)OC(C)(C)C)C1. The Balaban J connectivity index is 2.16. The minimum atomic E-state index is -0.473. The van der Waals surface area contributed by atoms with Gasteiger partial charge in [0.15, 0.2) is 0 Å². The Hall–Kier alpha value is -0.770. The van der Waals surface area contributed by atoms with Crippen molar-refractivity contribution in [1.82, 2.24) is 4.90 Å². The number of carbonyl (C=O) groups excluding carboxylic acids is 1. The molecule has 4 nitrogen and oxygen atoms in total. The molecule has 0 radical (unpaired) electrons. The van der Waals surface area contributed by atoms with E-state index in [-0.39, 0.29) is 29.6 Å². The van der Waals surface area contributed by atoms with Crippen molar-refractivity contribution in [2.45, 2.75) is 71.9 Å². The summed E-state index contributed by atoms with van der Waals surface area (Å²) in [7, 11) is 0. The standard InChI is InChI=1S/C16H29NO3/c1-14(2,3)20-13(19)17-10-15(4,5)7-6-12(17)16(11-18)8-9-16/h12,18H,6-11H2,1-5H3. The first-order valence-corrected chi connectivity index (χ1v) is 7.69. The van der Waals surface area contributed by atoms with E-state index in [1.54, 1.807) is 0 Å². The number of amides is 1. The number of ether oxygens (including phenoxy) is 1. The van der Waals surface area contributed by atoms with E-state index in [2.05, 4.69) is 13.8 Å². The Morgan fingerprint density at radius 1 is 1.30 bits per heavy atom. The zero-order valence-electron chi connectivity index (χ0n) is 13.5. The topological polar surface area (TPSA) is 49.8 Å². The Morgan fingerprint density at radius 2 is 1.90 bits per heavy atom. The van der Waals surface area contributed by atoms with Crippen molar-refractivity contribution in [3.8, 4) is 0 Å². The minimum Gasteiger partial charge on any atom is -0.444 e. The highest BCUT2D eigenvalue weighted by Gasteiger charge is 2.54. The van der Waals surface area contributed by atoms with E-state index in [1.165, 1.54) is 0 Å². The van der Waals surface area contributed by atoms with Gasteiger partial charge in [0.2, 0.25) is 0 Å². The van der Waals surface area contributed by atoms with Gasteiger partial charge in [0.05, 0.1) is 6.61 Å². The Bertz CT molecular complexity index is 380. The van der Waals surface area contributed by atoms with E-state index in [1.807, 2.05) is 25.7 Å². The summed E-state index contributed by atoms with van der Waals surface area (Å²) in [4.78, 5) is 14.4. The Labute approximate surface area is 122 Å². The molecule has 20 heavy (non-hydrogen) atoms. The fourth-order valence-electron chi connectivity index (χ4n) is 3.24. The number of rotatable bonds is 2. The van der Waals surface area contributed by atoms with Crippen molar-refractivity contribution in [1.29, 1.82) is 0 Å². The van der Waals surface area contributed by atoms with E-state index in [9.17, 15) is 9.90 Å². The van der Waals surface area contributed by atoms with Gasteiger partial charge in [0, 0.05) is 18.0 Å². The molecule has 1 unspecified atom stereocenters. The molecule has 1 atom stereocenters. The molecule has 2 fully saturated rings. The predicted molar refractivity (Wildman–Crippen MR) is 78.5 cm³/mol. The van der Waals surface area contributed by atoms with Crippen molar-refractivity contribution in [3.05, 3.63) is 0 Å². The molecule has 0 aromatic carbocycles. The first-order chi connectivity index (χ1) is 9.09. The van der Waals surface area contributed by atoms with Crippen molar-refractivity contribution < 1.29 is 14.6 Å². The lowest BCUT2D eigenvalue weighted by Crippen LogP contribution is -2.55. The van der Waals surface area contributed by atoms with Gasteiger partial charge in [-0.2, -0.15) is 0 Å². The van der Waals surface area contributed by atoms with Crippen LogP contribution in [0.15, 0.2) is 0 Å². The number of likely N-dealkylation sites (tertiary alicyclic amines) is 1. The van der Waals surface area contributed by atoms with Crippen LogP contribution in [0, 0.1) is 10.8 Å². The van der Waals surface area contributed by atoms with Crippen molar-refractivity contribution in [3.63, 3.8) is 0 Å². The summed E-state index contributed by atoms with van der Waals surface area (Å²) in [6.45, 7) is 11.0. The monoisotopic (exact) mass is 283 g/mol. The molecule has 1 amide bonds. The molecule has 0 aromatic rings. The highest BCUT2D eigenvalue weighted by atomic mass is 16.6. The van der Waals surface area contributed by atoms with Crippen LogP contribution in [0.2, 0.25) is 0 Å². The van der Waals surface area contributed by atoms with Crippen LogP contribution in [0.4, 0.5) is 4.79 Å². The Morgan fingerprint density at radius 3 is 2.35 bits per heavy atom. The van der Waals surface area contributed by atoms with Crippen LogP contribution in [-0.2, 0) is 4.74 Å². The highest BCUT2D eigenvalue weighted by Crippen LogP contribution is 2.54. The van der Waals surface area contributed by atoms with Gasteiger partial charge in [-0.3, -0.25) is 0 Å². The molecule has 0 bridgehead atoms. The van der Waals surface area contributed by atoms with Crippen LogP contribution < -0.4 is 0 Å². The molecular weight excluding hydrogens is 254 g/mol. The van der Waals surface area contributed by atoms with Gasteiger partial charge in [0.25, 0.3) is 0 Å². The Kier molecular flexibility index (Phi) is 3.83. The second-order valence-corrected chi connectivity index (χ2v) is 8.35. The molecular formula is C16H29NO3. The summed E-state index contributed by atoms with van der Waals surface area (Å²) in [5, 5.41) is 9.69. The van der Waals surface area contributed by atoms with E-state index in [0.717, 1.165) is 25.7 Å². The second kappa shape index (κ2) is 4.90. The van der Waals surface area contributed by atoms with Gasteiger partial charge in [-0.1, -0.05) is 13.8 Å². The lowest BCUT2D eigenvalue weighted by atomic mass is 9.77. The third-order valence-electron chi connectivity index (χ3n) is 4.61. The normalized spacial score (nSPS) is 28.1. The van der Waals surface area contributed by atoms with E-state index >= 15 is 0 Å². The fraction of sp³-hybridized carbons (Fsp3) is 0.938. The van der Waals surface area contributed by atoms with Crippen LogP contribution in [0.5, 0.6) is 0 Å². The van der Waals surface area contributed by atoms with Gasteiger partial charge in [-0.05, 0) is 51.9 Å². The van der Waals surface area contributed by atoms with Crippen molar-refractivity contribution in [2.75, 3.05) is 13.2 Å². The summed E-state index contributed by atoms with van der Waals surface area (Å²) < 4.78 is 5.57. The zero-order valence-corrected chi connectivity index (χ0v) is 13.5. The second-order valence-electron chi connectivity index (χ2n) is 8.35. The van der Waals surface area contributed by atoms with Crippen LogP contribution in [0.25, 0.3) is 0 Å². The van der Waals surface area contributed by atoms with Crippen LogP contribution >= 0.6 is 0 Å². The van der Waals surface area contributed by atoms with E-state index < -0.39 is 5.60 Å². The number of aliphatic hydroxyl groups is 1. The van der Waals surface area contributed by atoms with Crippen LogP contribution in [0.1, 0.15) is 60.3 Å². The van der Waals surface area contributed by atoms with Crippen molar-refractivity contribution in [2.24, 2.45) is 10.8 Å². The summed E-state index contributed by atoms with van der Waals surface area (Å²) in [6.07, 6.45) is 3.88. The molecule has 1 N–H and O–H groups in total. The maximum Gasteiger partial charge on any atom is 0.410 e. The molecule has 0 aromatic heterocycles. The van der Waals surface area contributed by atoms with Gasteiger partial charge in [0.1, 0.15) is 5.60 Å². The van der Waals surface area contributed by atoms with Crippen LogP contribution in [-0.4, -0.2) is 40.9 Å². The molecule has 0 spiro atoms. The average Bonchev–Trinajstić information content (AvgIpc) is 3.06. The number of piperidine rings is 1. The van der Waals surface area contributed by atoms with E-state index in [4.69, 9.17) is 4.74 Å². The van der Waals surface area contributed by atoms with Gasteiger partial charge < -0.3 is 14.7 Å². The summed E-state index contributed by atoms with van der Waals surface area (Å²) >= 11 is 0. The quantitative estimate of drug-likeness (QED) is 0.846. The third-order valence-corrected chi connectivity index (χ3v) is 4.61. The zero-order chi connectivity index (χ0) is 15.2. The predicted octanol–water partition coefficient (Wildman–Crippen LogP) is 3.18. The molecule has 4 heteroatoms. The molecule has 1 aliphatic carbocycles. The van der Waals surface area contributed by atoms with Crippen molar-refractivity contribution >= 4 is 6.09 Å². The summed E-state index contributed by atoms with van der Waals surface area (Å²) in [5.74, 6) is 0. The molecule has 1 aliphatic heterocycles. The number of carbonyl (C=O) groups is 1. The molecule has 1 heterocycles. The molecule has 2 aliphatic rings. The lowest BCUT2D eigenvalue weighted by Gasteiger charge is -2.46. The first-order valence-electron chi connectivity index (χ1n) is 7.69. The maximum absolute atomic E-state index is 12.5. The number of nitrogens with zero attached hydrogens (tertiary/aromatic N) is 1. The maximum atomic E-state index is 12.5. The fourth-order valence-corrected chi connectivity index (χ4v) is 3.24. The smallest absolute Gasteiger partial charge is 0.410 e. The highest BCUT2D eigenvalue weighted by molar-refractivity contribution is 5.69. The largest absolute Gasteiger partial charge is 0.444 e. The van der Waals surface area contributed by atoms with Gasteiger partial charge in [-0.25, -0.2) is 4.79 Å². The average molecular weight is 283 g/mol. The molecule has 1 saturated carbocycles.